The number of hydrogen-bond donors (Lipinski definition) is 2. The minimum atomic E-state index is -0.310. The molecule has 0 aliphatic heterocycles. The Balaban J connectivity index is 1.54. The maximum absolute atomic E-state index is 10.9. The summed E-state index contributed by atoms with van der Waals surface area (Å²) >= 11 is 1.72. The van der Waals surface area contributed by atoms with Gasteiger partial charge in [-0.2, -0.15) is 0 Å². The van der Waals surface area contributed by atoms with Crippen molar-refractivity contribution in [2.75, 3.05) is 0 Å². The number of rotatable bonds is 7. The van der Waals surface area contributed by atoms with Gasteiger partial charge in [0.05, 0.1) is 10.2 Å². The van der Waals surface area contributed by atoms with E-state index < -0.39 is 0 Å². The molecule has 0 saturated heterocycles. The van der Waals surface area contributed by atoms with Crippen LogP contribution in [-0.2, 0) is 11.2 Å². The van der Waals surface area contributed by atoms with Crippen LogP contribution < -0.4 is 5.48 Å². The van der Waals surface area contributed by atoms with Crippen LogP contribution in [0.1, 0.15) is 31.2 Å². The van der Waals surface area contributed by atoms with Gasteiger partial charge in [-0.05, 0) is 37.0 Å². The minimum Gasteiger partial charge on any atom is -0.289 e. The van der Waals surface area contributed by atoms with Crippen molar-refractivity contribution in [2.45, 2.75) is 32.1 Å². The summed E-state index contributed by atoms with van der Waals surface area (Å²) in [5, 5.41) is 9.49. The van der Waals surface area contributed by atoms with E-state index in [1.165, 1.54) is 10.3 Å². The second kappa shape index (κ2) is 8.04. The predicted octanol–water partition coefficient (Wildman–Crippen LogP) is 4.57. The lowest BCUT2D eigenvalue weighted by Gasteiger charge is -2.03. The van der Waals surface area contributed by atoms with Crippen LogP contribution >= 0.6 is 11.3 Å². The van der Waals surface area contributed by atoms with Crippen LogP contribution in [0.4, 0.5) is 0 Å². The van der Waals surface area contributed by atoms with Crippen LogP contribution in [0.2, 0.25) is 0 Å². The first-order chi connectivity index (χ1) is 11.8. The predicted molar refractivity (Wildman–Crippen MR) is 97.2 cm³/mol. The van der Waals surface area contributed by atoms with E-state index in [0.29, 0.717) is 6.42 Å². The van der Waals surface area contributed by atoms with Gasteiger partial charge in [0, 0.05) is 12.0 Å². The van der Waals surface area contributed by atoms with E-state index in [4.69, 9.17) is 5.21 Å². The molecule has 2 N–H and O–H groups in total. The third-order valence-electron chi connectivity index (χ3n) is 3.99. The number of thiazole rings is 1. The van der Waals surface area contributed by atoms with Crippen LogP contribution in [0, 0.1) is 0 Å². The molecule has 0 aliphatic rings. The fourth-order valence-corrected chi connectivity index (χ4v) is 3.63. The average Bonchev–Trinajstić information content (AvgIpc) is 3.06. The molecule has 1 aromatic heterocycles. The van der Waals surface area contributed by atoms with E-state index in [1.54, 1.807) is 16.8 Å². The molecule has 0 spiro atoms. The van der Waals surface area contributed by atoms with Crippen molar-refractivity contribution < 1.29 is 10.0 Å². The second-order valence-electron chi connectivity index (χ2n) is 5.78. The van der Waals surface area contributed by atoms with Gasteiger partial charge in [-0.1, -0.05) is 42.8 Å². The smallest absolute Gasteiger partial charge is 0.243 e. The Labute approximate surface area is 145 Å². The van der Waals surface area contributed by atoms with Gasteiger partial charge < -0.3 is 0 Å². The van der Waals surface area contributed by atoms with Gasteiger partial charge in [0.15, 0.2) is 0 Å². The van der Waals surface area contributed by atoms with Crippen LogP contribution in [0.5, 0.6) is 0 Å². The molecule has 0 fully saturated rings. The number of unbranched alkanes of at least 4 members (excludes halogenated alkanes) is 2. The number of para-hydroxylation sites is 1. The maximum Gasteiger partial charge on any atom is 0.243 e. The molecule has 0 aliphatic carbocycles. The molecule has 3 aromatic rings. The Morgan fingerprint density at radius 1 is 1.04 bits per heavy atom. The molecule has 4 nitrogen and oxygen atoms in total. The highest BCUT2D eigenvalue weighted by atomic mass is 32.1. The van der Waals surface area contributed by atoms with Crippen LogP contribution in [0.15, 0.2) is 48.5 Å². The highest BCUT2D eigenvalue weighted by molar-refractivity contribution is 7.21. The zero-order valence-electron chi connectivity index (χ0n) is 13.4. The molecule has 2 aromatic carbocycles. The van der Waals surface area contributed by atoms with Crippen LogP contribution in [0.3, 0.4) is 0 Å². The fraction of sp³-hybridized carbons (Fsp3) is 0.263. The SMILES string of the molecule is O=C(CCCCCc1ccc(-c2nc3ccccc3s2)cc1)NO. The Kier molecular flexibility index (Phi) is 5.56. The van der Waals surface area contributed by atoms with Gasteiger partial charge >= 0.3 is 0 Å². The number of nitrogens with zero attached hydrogens (tertiary/aromatic N) is 1. The van der Waals surface area contributed by atoms with Crippen molar-refractivity contribution >= 4 is 27.5 Å². The highest BCUT2D eigenvalue weighted by Crippen LogP contribution is 2.30. The summed E-state index contributed by atoms with van der Waals surface area (Å²) in [6, 6.07) is 16.8. The second-order valence-corrected chi connectivity index (χ2v) is 6.81. The molecule has 0 atom stereocenters. The summed E-state index contributed by atoms with van der Waals surface area (Å²) in [6.45, 7) is 0. The first-order valence-electron chi connectivity index (χ1n) is 8.14. The minimum absolute atomic E-state index is 0.310. The Bertz CT molecular complexity index is 779. The van der Waals surface area contributed by atoms with E-state index in [2.05, 4.69) is 35.3 Å². The van der Waals surface area contributed by atoms with Crippen molar-refractivity contribution in [1.29, 1.82) is 0 Å². The molecule has 1 amide bonds. The lowest BCUT2D eigenvalue weighted by Crippen LogP contribution is -2.17. The lowest BCUT2D eigenvalue weighted by molar-refractivity contribution is -0.129. The summed E-state index contributed by atoms with van der Waals surface area (Å²) in [6.07, 6.45) is 4.20. The molecule has 124 valence electrons. The van der Waals surface area contributed by atoms with Gasteiger partial charge in [-0.3, -0.25) is 10.0 Å². The Morgan fingerprint density at radius 3 is 2.58 bits per heavy atom. The van der Waals surface area contributed by atoms with Crippen molar-refractivity contribution in [1.82, 2.24) is 10.5 Å². The quantitative estimate of drug-likeness (QED) is 0.376. The van der Waals surface area contributed by atoms with E-state index in [1.807, 2.05) is 18.2 Å². The van der Waals surface area contributed by atoms with E-state index in [-0.39, 0.29) is 5.91 Å². The molecule has 0 saturated carbocycles. The zero-order valence-corrected chi connectivity index (χ0v) is 14.2. The summed E-state index contributed by atoms with van der Waals surface area (Å²) in [5.41, 5.74) is 5.16. The van der Waals surface area contributed by atoms with Crippen molar-refractivity contribution in [3.63, 3.8) is 0 Å². The molecule has 1 heterocycles. The first kappa shape index (κ1) is 16.6. The zero-order chi connectivity index (χ0) is 16.8. The normalized spacial score (nSPS) is 10.9. The van der Waals surface area contributed by atoms with Gasteiger partial charge in [-0.15, -0.1) is 11.3 Å². The van der Waals surface area contributed by atoms with Gasteiger partial charge in [-0.25, -0.2) is 10.5 Å². The van der Waals surface area contributed by atoms with Crippen LogP contribution in [-0.4, -0.2) is 16.1 Å². The third kappa shape index (κ3) is 4.19. The molecule has 3 rings (SSSR count). The number of aryl methyl sites for hydroxylation is 1. The van der Waals surface area contributed by atoms with Crippen molar-refractivity contribution in [3.8, 4) is 10.6 Å². The van der Waals surface area contributed by atoms with Gasteiger partial charge in [0.25, 0.3) is 0 Å². The van der Waals surface area contributed by atoms with Crippen molar-refractivity contribution in [2.24, 2.45) is 0 Å². The number of hydrogen-bond acceptors (Lipinski definition) is 4. The standard InChI is InChI=1S/C19H20N2O2S/c22-18(21-23)9-3-1-2-6-14-10-12-15(13-11-14)19-20-16-7-4-5-8-17(16)24-19/h4-5,7-8,10-13,23H,1-3,6,9H2,(H,21,22). The molecule has 0 unspecified atom stereocenters. The maximum atomic E-state index is 10.9. The molecule has 24 heavy (non-hydrogen) atoms. The Morgan fingerprint density at radius 2 is 1.83 bits per heavy atom. The fourth-order valence-electron chi connectivity index (χ4n) is 2.66. The first-order valence-corrected chi connectivity index (χ1v) is 8.96. The molecular formula is C19H20N2O2S. The van der Waals surface area contributed by atoms with Gasteiger partial charge in [0.2, 0.25) is 5.91 Å². The summed E-state index contributed by atoms with van der Waals surface area (Å²) in [5.74, 6) is -0.310. The number of carbonyl (C=O) groups is 1. The lowest BCUT2D eigenvalue weighted by atomic mass is 10.0. The largest absolute Gasteiger partial charge is 0.289 e. The molecule has 0 bridgehead atoms. The number of amides is 1. The molecular weight excluding hydrogens is 320 g/mol. The summed E-state index contributed by atoms with van der Waals surface area (Å²) in [4.78, 5) is 15.6. The van der Waals surface area contributed by atoms with Crippen molar-refractivity contribution in [3.05, 3.63) is 54.1 Å². The third-order valence-corrected chi connectivity index (χ3v) is 5.07. The highest BCUT2D eigenvalue weighted by Gasteiger charge is 2.06. The summed E-state index contributed by atoms with van der Waals surface area (Å²) in [7, 11) is 0. The number of fused-ring (bicyclic) bond motifs is 1. The number of benzene rings is 2. The Hall–Kier alpha value is -2.24. The number of nitrogens with one attached hydrogen (secondary N) is 1. The monoisotopic (exact) mass is 340 g/mol. The number of aromatic nitrogens is 1. The summed E-state index contributed by atoms with van der Waals surface area (Å²) < 4.78 is 1.21. The van der Waals surface area contributed by atoms with E-state index in [0.717, 1.165) is 41.8 Å². The van der Waals surface area contributed by atoms with E-state index >= 15 is 0 Å². The topological polar surface area (TPSA) is 62.2 Å². The van der Waals surface area contributed by atoms with Crippen LogP contribution in [0.25, 0.3) is 20.8 Å². The van der Waals surface area contributed by atoms with Gasteiger partial charge in [0.1, 0.15) is 5.01 Å². The average molecular weight is 340 g/mol. The number of hydroxylamine groups is 1. The number of carbonyl (C=O) groups excluding carboxylic acids is 1. The molecule has 5 heteroatoms. The van der Waals surface area contributed by atoms with E-state index in [9.17, 15) is 4.79 Å². The molecule has 0 radical (unpaired) electrons.